The van der Waals surface area contributed by atoms with E-state index < -0.39 is 0 Å². The highest BCUT2D eigenvalue weighted by molar-refractivity contribution is 5.14. The van der Waals surface area contributed by atoms with Crippen molar-refractivity contribution >= 4 is 0 Å². The lowest BCUT2D eigenvalue weighted by Gasteiger charge is -2.38. The lowest BCUT2D eigenvalue weighted by atomic mass is 10.1. The van der Waals surface area contributed by atoms with Crippen LogP contribution in [0, 0.1) is 0 Å². The van der Waals surface area contributed by atoms with Gasteiger partial charge in [-0.25, -0.2) is 0 Å². The second-order valence-electron chi connectivity index (χ2n) is 4.29. The zero-order valence-electron chi connectivity index (χ0n) is 9.67. The number of rotatable bonds is 3. The molecule has 1 saturated heterocycles. The number of ether oxygens (including phenoxy) is 1. The summed E-state index contributed by atoms with van der Waals surface area (Å²) in [6, 6.07) is 10.7. The van der Waals surface area contributed by atoms with E-state index in [9.17, 15) is 5.11 Å². The molecule has 16 heavy (non-hydrogen) atoms. The minimum atomic E-state index is -0.0440. The summed E-state index contributed by atoms with van der Waals surface area (Å²) in [4.78, 5) is 2.36. The number of nitrogens with zero attached hydrogens (tertiary/aromatic N) is 1. The lowest BCUT2D eigenvalue weighted by molar-refractivity contribution is -0.0883. The van der Waals surface area contributed by atoms with Gasteiger partial charge in [-0.05, 0) is 12.5 Å². The molecule has 3 nitrogen and oxygen atoms in total. The number of hydrogen-bond acceptors (Lipinski definition) is 3. The Labute approximate surface area is 96.6 Å². The summed E-state index contributed by atoms with van der Waals surface area (Å²) in [7, 11) is 0. The van der Waals surface area contributed by atoms with Crippen LogP contribution >= 0.6 is 0 Å². The molecule has 0 aromatic heterocycles. The molecule has 0 amide bonds. The van der Waals surface area contributed by atoms with Crippen molar-refractivity contribution in [3.63, 3.8) is 0 Å². The second-order valence-corrected chi connectivity index (χ2v) is 4.29. The first-order chi connectivity index (χ1) is 7.81. The Kier molecular flexibility index (Phi) is 3.93. The summed E-state index contributed by atoms with van der Waals surface area (Å²) in [5, 5.41) is 9.19. The normalized spacial score (nSPS) is 26.9. The van der Waals surface area contributed by atoms with Gasteiger partial charge in [-0.15, -0.1) is 0 Å². The summed E-state index contributed by atoms with van der Waals surface area (Å²) in [6.07, 6.45) is -0.0440. The van der Waals surface area contributed by atoms with Gasteiger partial charge in [0.1, 0.15) is 0 Å². The smallest absolute Gasteiger partial charge is 0.0958 e. The van der Waals surface area contributed by atoms with Gasteiger partial charge in [0.15, 0.2) is 0 Å². The highest BCUT2D eigenvalue weighted by atomic mass is 16.5. The van der Waals surface area contributed by atoms with E-state index in [1.807, 2.05) is 6.07 Å². The van der Waals surface area contributed by atoms with Crippen LogP contribution < -0.4 is 0 Å². The molecule has 1 N–H and O–H groups in total. The van der Waals surface area contributed by atoms with Gasteiger partial charge in [0, 0.05) is 19.1 Å². The molecule has 0 bridgehead atoms. The van der Waals surface area contributed by atoms with Gasteiger partial charge in [-0.3, -0.25) is 4.90 Å². The van der Waals surface area contributed by atoms with Gasteiger partial charge in [0.2, 0.25) is 0 Å². The average molecular weight is 221 g/mol. The van der Waals surface area contributed by atoms with E-state index in [2.05, 4.69) is 36.1 Å². The van der Waals surface area contributed by atoms with E-state index in [0.29, 0.717) is 6.61 Å². The summed E-state index contributed by atoms with van der Waals surface area (Å²) >= 11 is 0. The van der Waals surface area contributed by atoms with Crippen LogP contribution in [0.1, 0.15) is 12.5 Å². The maximum atomic E-state index is 9.19. The van der Waals surface area contributed by atoms with Gasteiger partial charge >= 0.3 is 0 Å². The third-order valence-corrected chi connectivity index (χ3v) is 3.23. The Bertz CT molecular complexity index is 315. The van der Waals surface area contributed by atoms with Crippen molar-refractivity contribution in [3.8, 4) is 0 Å². The van der Waals surface area contributed by atoms with Crippen LogP contribution in [-0.2, 0) is 11.3 Å². The summed E-state index contributed by atoms with van der Waals surface area (Å²) in [5.41, 5.74) is 1.31. The largest absolute Gasteiger partial charge is 0.394 e. The van der Waals surface area contributed by atoms with Crippen LogP contribution in [0.4, 0.5) is 0 Å². The first kappa shape index (κ1) is 11.6. The van der Waals surface area contributed by atoms with E-state index in [-0.39, 0.29) is 18.8 Å². The molecule has 1 aliphatic heterocycles. The van der Waals surface area contributed by atoms with Crippen molar-refractivity contribution < 1.29 is 9.84 Å². The first-order valence-electron chi connectivity index (χ1n) is 5.81. The molecule has 1 heterocycles. The number of aliphatic hydroxyl groups excluding tert-OH is 1. The van der Waals surface area contributed by atoms with Crippen LogP contribution in [-0.4, -0.2) is 41.9 Å². The molecule has 0 spiro atoms. The molecule has 1 fully saturated rings. The van der Waals surface area contributed by atoms with Gasteiger partial charge < -0.3 is 9.84 Å². The highest BCUT2D eigenvalue weighted by Gasteiger charge is 2.27. The third kappa shape index (κ3) is 2.61. The fourth-order valence-electron chi connectivity index (χ4n) is 2.15. The maximum Gasteiger partial charge on any atom is 0.0958 e. The standard InChI is InChI=1S/C13H19NO2/c1-11-13(10-15)16-8-7-14(11)9-12-5-3-2-4-6-12/h2-6,11,13,15H,7-10H2,1H3/t11-,13-/m0/s1. The lowest BCUT2D eigenvalue weighted by Crippen LogP contribution is -2.50. The fraction of sp³-hybridized carbons (Fsp3) is 0.538. The second kappa shape index (κ2) is 5.43. The predicted molar refractivity (Wildman–Crippen MR) is 63.1 cm³/mol. The van der Waals surface area contributed by atoms with E-state index in [0.717, 1.165) is 13.1 Å². The molecule has 3 heteroatoms. The Balaban J connectivity index is 1.99. The van der Waals surface area contributed by atoms with Crippen LogP contribution in [0.5, 0.6) is 0 Å². The molecule has 0 aliphatic carbocycles. The molecule has 2 atom stereocenters. The van der Waals surface area contributed by atoms with E-state index in [4.69, 9.17) is 4.74 Å². The molecule has 0 saturated carbocycles. The Morgan fingerprint density at radius 2 is 2.12 bits per heavy atom. The molecule has 0 radical (unpaired) electrons. The van der Waals surface area contributed by atoms with Gasteiger partial charge in [0.25, 0.3) is 0 Å². The molecular weight excluding hydrogens is 202 g/mol. The molecule has 2 rings (SSSR count). The van der Waals surface area contributed by atoms with E-state index in [1.54, 1.807) is 0 Å². The van der Waals surface area contributed by atoms with Crippen molar-refractivity contribution in [2.45, 2.75) is 25.6 Å². The molecule has 1 aliphatic rings. The Morgan fingerprint density at radius 1 is 1.38 bits per heavy atom. The van der Waals surface area contributed by atoms with Gasteiger partial charge in [-0.2, -0.15) is 0 Å². The van der Waals surface area contributed by atoms with Crippen LogP contribution in [0.3, 0.4) is 0 Å². The van der Waals surface area contributed by atoms with Crippen molar-refractivity contribution in [3.05, 3.63) is 35.9 Å². The summed E-state index contributed by atoms with van der Waals surface area (Å²) < 4.78 is 5.52. The minimum Gasteiger partial charge on any atom is -0.394 e. The molecule has 1 aromatic carbocycles. The minimum absolute atomic E-state index is 0.0440. The quantitative estimate of drug-likeness (QED) is 0.834. The number of aliphatic hydroxyl groups is 1. The topological polar surface area (TPSA) is 32.7 Å². The number of hydrogen-bond donors (Lipinski definition) is 1. The molecular formula is C13H19NO2. The van der Waals surface area contributed by atoms with Crippen molar-refractivity contribution in [1.82, 2.24) is 4.90 Å². The molecule has 1 aromatic rings. The van der Waals surface area contributed by atoms with E-state index in [1.165, 1.54) is 5.56 Å². The zero-order valence-corrected chi connectivity index (χ0v) is 9.67. The maximum absolute atomic E-state index is 9.19. The molecule has 0 unspecified atom stereocenters. The molecule has 88 valence electrons. The Morgan fingerprint density at radius 3 is 2.81 bits per heavy atom. The highest BCUT2D eigenvalue weighted by Crippen LogP contribution is 2.16. The van der Waals surface area contributed by atoms with Gasteiger partial charge in [-0.1, -0.05) is 30.3 Å². The van der Waals surface area contributed by atoms with Crippen molar-refractivity contribution in [2.24, 2.45) is 0 Å². The van der Waals surface area contributed by atoms with Crippen LogP contribution in [0.15, 0.2) is 30.3 Å². The average Bonchev–Trinajstić information content (AvgIpc) is 2.33. The fourth-order valence-corrected chi connectivity index (χ4v) is 2.15. The van der Waals surface area contributed by atoms with E-state index >= 15 is 0 Å². The van der Waals surface area contributed by atoms with Crippen molar-refractivity contribution in [1.29, 1.82) is 0 Å². The Hall–Kier alpha value is -0.900. The third-order valence-electron chi connectivity index (χ3n) is 3.23. The summed E-state index contributed by atoms with van der Waals surface area (Å²) in [5.74, 6) is 0. The number of benzene rings is 1. The van der Waals surface area contributed by atoms with Crippen molar-refractivity contribution in [2.75, 3.05) is 19.8 Å². The zero-order chi connectivity index (χ0) is 11.4. The predicted octanol–water partition coefficient (Wildman–Crippen LogP) is 1.27. The van der Waals surface area contributed by atoms with Crippen LogP contribution in [0.25, 0.3) is 0 Å². The van der Waals surface area contributed by atoms with Gasteiger partial charge in [0.05, 0.1) is 19.3 Å². The number of morpholine rings is 1. The SMILES string of the molecule is C[C@H]1[C@H](CO)OCCN1Cc1ccccc1. The van der Waals surface area contributed by atoms with Crippen LogP contribution in [0.2, 0.25) is 0 Å². The first-order valence-corrected chi connectivity index (χ1v) is 5.81. The summed E-state index contributed by atoms with van der Waals surface area (Å²) in [6.45, 7) is 4.80. The monoisotopic (exact) mass is 221 g/mol.